The van der Waals surface area contributed by atoms with E-state index in [4.69, 9.17) is 9.47 Å². The van der Waals surface area contributed by atoms with Crippen LogP contribution in [-0.2, 0) is 14.4 Å². The second kappa shape index (κ2) is 10.5. The number of nitrogens with zero attached hydrogens (tertiary/aromatic N) is 2. The number of H-pyrrole nitrogens is 1. The smallest absolute Gasteiger partial charge is 0.294 e. The lowest BCUT2D eigenvalue weighted by molar-refractivity contribution is -0.758. The molecule has 1 N–H and O–H groups in total. The fraction of sp³-hybridized carbons (Fsp3) is 0.526. The number of fused-ring (bicyclic) bond motifs is 1. The predicted octanol–water partition coefficient (Wildman–Crippen LogP) is 2.64. The van der Waals surface area contributed by atoms with Crippen LogP contribution in [0.3, 0.4) is 0 Å². The monoisotopic (exact) mass is 393 g/mol. The topological polar surface area (TPSA) is 107 Å². The average Bonchev–Trinajstić information content (AvgIpc) is 3.12. The van der Waals surface area contributed by atoms with Crippen LogP contribution in [0, 0.1) is 16.0 Å². The molecule has 2 aromatic rings. The molecule has 0 fully saturated rings. The Balaban J connectivity index is 1.81. The summed E-state index contributed by atoms with van der Waals surface area (Å²) in [5, 5.41) is 10.2. The Morgan fingerprint density at radius 1 is 1.25 bits per heavy atom. The highest BCUT2D eigenvalue weighted by Gasteiger charge is 2.20. The maximum Gasteiger partial charge on any atom is 0.294 e. The van der Waals surface area contributed by atoms with Crippen LogP contribution in [0.2, 0.25) is 0 Å². The summed E-state index contributed by atoms with van der Waals surface area (Å²) in [6.45, 7) is 6.52. The summed E-state index contributed by atoms with van der Waals surface area (Å²) in [5.74, 6) is 0.746. The minimum atomic E-state index is -0.888. The van der Waals surface area contributed by atoms with Gasteiger partial charge in [0.25, 0.3) is 5.09 Å². The number of aromatic amines is 1. The van der Waals surface area contributed by atoms with Gasteiger partial charge in [-0.3, -0.25) is 4.79 Å². The molecule has 9 heteroatoms. The van der Waals surface area contributed by atoms with E-state index in [1.165, 1.54) is 0 Å². The number of ether oxygens (including phenoxy) is 2. The van der Waals surface area contributed by atoms with E-state index in [0.29, 0.717) is 13.2 Å². The summed E-state index contributed by atoms with van der Waals surface area (Å²) in [6.07, 6.45) is 1.87. The molecule has 1 aromatic carbocycles. The Bertz CT molecular complexity index is 776. The first-order valence-electron chi connectivity index (χ1n) is 9.22. The molecule has 1 amide bonds. The van der Waals surface area contributed by atoms with Crippen LogP contribution in [0.15, 0.2) is 30.5 Å². The van der Waals surface area contributed by atoms with Crippen LogP contribution in [-0.4, -0.2) is 59.9 Å². The Morgan fingerprint density at radius 3 is 2.75 bits per heavy atom. The molecule has 9 nitrogen and oxygen atoms in total. The molecular weight excluding hydrogens is 366 g/mol. The van der Waals surface area contributed by atoms with Gasteiger partial charge in [0.15, 0.2) is 0 Å². The third kappa shape index (κ3) is 6.41. The number of carbonyl (C=O) groups is 1. The second-order valence-electron chi connectivity index (χ2n) is 6.86. The van der Waals surface area contributed by atoms with Crippen LogP contribution in [0.25, 0.3) is 10.9 Å². The second-order valence-corrected chi connectivity index (χ2v) is 6.86. The molecule has 28 heavy (non-hydrogen) atoms. The highest BCUT2D eigenvalue weighted by atomic mass is 17.0. The predicted molar refractivity (Wildman–Crippen MR) is 104 cm³/mol. The Hall–Kier alpha value is -2.81. The van der Waals surface area contributed by atoms with Crippen molar-refractivity contribution in [2.45, 2.75) is 26.8 Å². The Morgan fingerprint density at radius 2 is 2.04 bits per heavy atom. The summed E-state index contributed by atoms with van der Waals surface area (Å²) >= 11 is 0. The minimum absolute atomic E-state index is 0.00156. The van der Waals surface area contributed by atoms with Gasteiger partial charge in [-0.1, -0.05) is 13.0 Å². The lowest BCUT2D eigenvalue weighted by Crippen LogP contribution is -2.43. The molecule has 1 atom stereocenters. The number of nitrogens with one attached hydrogen (secondary N) is 1. The van der Waals surface area contributed by atoms with Crippen molar-refractivity contribution >= 4 is 16.8 Å². The zero-order chi connectivity index (χ0) is 20.5. The maximum atomic E-state index is 12.4. The standard InChI is InChI=1S/C19H27N3O6/c1-14(2)21(19(23)13-26-9-10-28-22(24)25)11-15(3)12-27-18-6-4-5-17-16(18)7-8-20-17/h4-8,14-15,20H,9-13H2,1-3H3. The number of rotatable bonds is 12. The minimum Gasteiger partial charge on any atom is -0.493 e. The fourth-order valence-electron chi connectivity index (χ4n) is 2.82. The number of amides is 1. The van der Waals surface area contributed by atoms with Crippen molar-refractivity contribution in [2.75, 3.05) is 33.0 Å². The van der Waals surface area contributed by atoms with Crippen molar-refractivity contribution in [1.29, 1.82) is 0 Å². The third-order valence-corrected chi connectivity index (χ3v) is 4.18. The molecule has 154 valence electrons. The molecular formula is C19H27N3O6. The molecule has 0 spiro atoms. The van der Waals surface area contributed by atoms with Gasteiger partial charge in [-0.15, -0.1) is 10.1 Å². The largest absolute Gasteiger partial charge is 0.493 e. The number of benzene rings is 1. The van der Waals surface area contributed by atoms with Gasteiger partial charge >= 0.3 is 0 Å². The lowest BCUT2D eigenvalue weighted by atomic mass is 10.1. The number of carbonyl (C=O) groups excluding carboxylic acids is 1. The van der Waals surface area contributed by atoms with E-state index in [1.54, 1.807) is 4.90 Å². The van der Waals surface area contributed by atoms with Crippen LogP contribution in [0.4, 0.5) is 0 Å². The number of hydrogen-bond acceptors (Lipinski definition) is 6. The van der Waals surface area contributed by atoms with Gasteiger partial charge in [-0.05, 0) is 32.0 Å². The Kier molecular flexibility index (Phi) is 8.06. The number of aromatic nitrogens is 1. The van der Waals surface area contributed by atoms with Crippen LogP contribution in [0.5, 0.6) is 5.75 Å². The van der Waals surface area contributed by atoms with E-state index < -0.39 is 5.09 Å². The molecule has 0 aliphatic heterocycles. The van der Waals surface area contributed by atoms with E-state index in [0.717, 1.165) is 16.7 Å². The molecule has 0 bridgehead atoms. The Labute approximate surface area is 163 Å². The SMILES string of the molecule is CC(COc1cccc2[nH]ccc12)CN(C(=O)COCCO[N+](=O)[O-])C(C)C. The molecule has 1 heterocycles. The zero-order valence-corrected chi connectivity index (χ0v) is 16.4. The highest BCUT2D eigenvalue weighted by Crippen LogP contribution is 2.25. The van der Waals surface area contributed by atoms with E-state index >= 15 is 0 Å². The summed E-state index contributed by atoms with van der Waals surface area (Å²) in [7, 11) is 0. The van der Waals surface area contributed by atoms with E-state index in [1.807, 2.05) is 51.2 Å². The van der Waals surface area contributed by atoms with Gasteiger partial charge in [-0.2, -0.15) is 0 Å². The van der Waals surface area contributed by atoms with Gasteiger partial charge in [0.1, 0.15) is 19.0 Å². The van der Waals surface area contributed by atoms with Crippen molar-refractivity contribution in [3.8, 4) is 5.75 Å². The quantitative estimate of drug-likeness (QED) is 0.337. The first kappa shape index (κ1) is 21.5. The van der Waals surface area contributed by atoms with E-state index in [9.17, 15) is 14.9 Å². The molecule has 0 saturated carbocycles. The van der Waals surface area contributed by atoms with Gasteiger partial charge in [-0.25, -0.2) is 0 Å². The summed E-state index contributed by atoms with van der Waals surface area (Å²) in [5.41, 5.74) is 1.02. The van der Waals surface area contributed by atoms with Crippen LogP contribution in [0.1, 0.15) is 20.8 Å². The van der Waals surface area contributed by atoms with Crippen molar-refractivity contribution in [1.82, 2.24) is 9.88 Å². The molecule has 0 radical (unpaired) electrons. The van der Waals surface area contributed by atoms with Crippen LogP contribution >= 0.6 is 0 Å². The van der Waals surface area contributed by atoms with E-state index in [2.05, 4.69) is 9.82 Å². The van der Waals surface area contributed by atoms with Crippen molar-refractivity contribution in [3.63, 3.8) is 0 Å². The number of hydrogen-bond donors (Lipinski definition) is 1. The average molecular weight is 393 g/mol. The van der Waals surface area contributed by atoms with Gasteiger partial charge in [0.05, 0.1) is 13.2 Å². The lowest BCUT2D eigenvalue weighted by Gasteiger charge is -2.29. The fourth-order valence-corrected chi connectivity index (χ4v) is 2.82. The molecule has 0 aliphatic rings. The van der Waals surface area contributed by atoms with Gasteiger partial charge in [0.2, 0.25) is 5.91 Å². The molecule has 1 aromatic heterocycles. The normalized spacial score (nSPS) is 12.1. The first-order chi connectivity index (χ1) is 13.4. The van der Waals surface area contributed by atoms with Crippen molar-refractivity contribution in [2.24, 2.45) is 5.92 Å². The van der Waals surface area contributed by atoms with Gasteiger partial charge < -0.3 is 24.2 Å². The molecule has 0 saturated heterocycles. The van der Waals surface area contributed by atoms with Crippen LogP contribution < -0.4 is 4.74 Å². The summed E-state index contributed by atoms with van der Waals surface area (Å²) in [6, 6.07) is 7.82. The summed E-state index contributed by atoms with van der Waals surface area (Å²) in [4.78, 5) is 31.5. The van der Waals surface area contributed by atoms with Gasteiger partial charge in [0, 0.05) is 35.6 Å². The summed E-state index contributed by atoms with van der Waals surface area (Å²) < 4.78 is 11.1. The molecule has 2 rings (SSSR count). The highest BCUT2D eigenvalue weighted by molar-refractivity contribution is 5.85. The first-order valence-corrected chi connectivity index (χ1v) is 9.22. The maximum absolute atomic E-state index is 12.4. The third-order valence-electron chi connectivity index (χ3n) is 4.18. The molecule has 0 aliphatic carbocycles. The van der Waals surface area contributed by atoms with Crippen molar-refractivity contribution < 1.29 is 24.2 Å². The van der Waals surface area contributed by atoms with E-state index in [-0.39, 0.29) is 37.7 Å². The zero-order valence-electron chi connectivity index (χ0n) is 16.4. The molecule has 1 unspecified atom stereocenters. The van der Waals surface area contributed by atoms with Crippen molar-refractivity contribution in [3.05, 3.63) is 40.6 Å².